The van der Waals surface area contributed by atoms with E-state index in [2.05, 4.69) is 36.2 Å². The summed E-state index contributed by atoms with van der Waals surface area (Å²) in [6.07, 6.45) is 1.60. The minimum Gasteiger partial charge on any atom is -0.351 e. The van der Waals surface area contributed by atoms with Crippen LogP contribution in [-0.4, -0.2) is 26.5 Å². The lowest BCUT2D eigenvalue weighted by Gasteiger charge is -2.15. The lowest BCUT2D eigenvalue weighted by molar-refractivity contribution is 0.0977. The predicted octanol–water partition coefficient (Wildman–Crippen LogP) is 4.18. The third kappa shape index (κ3) is 2.85. The van der Waals surface area contributed by atoms with Crippen LogP contribution in [0.3, 0.4) is 0 Å². The average Bonchev–Trinajstić information content (AvgIpc) is 3.11. The molecule has 2 N–H and O–H groups in total. The topological polar surface area (TPSA) is 87.7 Å². The van der Waals surface area contributed by atoms with Gasteiger partial charge >= 0.3 is 0 Å². The maximum absolute atomic E-state index is 12.8. The van der Waals surface area contributed by atoms with E-state index < -0.39 is 11.6 Å². The Morgan fingerprint density at radius 2 is 1.81 bits per heavy atom. The first-order valence-corrected chi connectivity index (χ1v) is 8.75. The normalized spacial score (nSPS) is 13.8. The standard InChI is InChI=1S/C18H10BrClN4O2/c19-9-4-6-10(7-5-9)22-13-12(20)16(25)14-15(17(13)26)24-18(23-14)11-3-1-2-8-21-11/h1-8,22H,(H,23,24). The molecule has 8 heteroatoms. The van der Waals surface area contributed by atoms with E-state index in [1.165, 1.54) is 0 Å². The van der Waals surface area contributed by atoms with E-state index >= 15 is 0 Å². The summed E-state index contributed by atoms with van der Waals surface area (Å²) in [7, 11) is 0. The fourth-order valence-corrected chi connectivity index (χ4v) is 3.05. The van der Waals surface area contributed by atoms with Gasteiger partial charge in [0.25, 0.3) is 0 Å². The van der Waals surface area contributed by atoms with Crippen LogP contribution in [0.4, 0.5) is 5.69 Å². The Morgan fingerprint density at radius 3 is 2.50 bits per heavy atom. The van der Waals surface area contributed by atoms with Gasteiger partial charge in [0.05, 0.1) is 0 Å². The lowest BCUT2D eigenvalue weighted by atomic mass is 10.0. The molecule has 2 aromatic heterocycles. The molecule has 128 valence electrons. The number of anilines is 1. The quantitative estimate of drug-likeness (QED) is 0.652. The summed E-state index contributed by atoms with van der Waals surface area (Å²) in [5, 5.41) is 2.74. The number of halogens is 2. The van der Waals surface area contributed by atoms with Crippen LogP contribution in [0.2, 0.25) is 0 Å². The highest BCUT2D eigenvalue weighted by Crippen LogP contribution is 2.30. The van der Waals surface area contributed by atoms with Crippen molar-refractivity contribution >= 4 is 44.8 Å². The van der Waals surface area contributed by atoms with E-state index in [0.29, 0.717) is 17.2 Å². The SMILES string of the molecule is O=C1C(Nc2ccc(Br)cc2)=C(Cl)C(=O)c2[nH]c(-c3ccccn3)nc21. The summed E-state index contributed by atoms with van der Waals surface area (Å²) in [4.78, 5) is 36.7. The predicted molar refractivity (Wildman–Crippen MR) is 101 cm³/mol. The van der Waals surface area contributed by atoms with E-state index in [9.17, 15) is 9.59 Å². The van der Waals surface area contributed by atoms with Gasteiger partial charge in [-0.05, 0) is 36.4 Å². The molecule has 26 heavy (non-hydrogen) atoms. The van der Waals surface area contributed by atoms with Crippen LogP contribution in [0.15, 0.2) is 63.9 Å². The van der Waals surface area contributed by atoms with Gasteiger partial charge in [0.1, 0.15) is 27.8 Å². The van der Waals surface area contributed by atoms with Crippen LogP contribution in [0.1, 0.15) is 21.0 Å². The second kappa shape index (κ2) is 6.51. The largest absolute Gasteiger partial charge is 0.351 e. The summed E-state index contributed by atoms with van der Waals surface area (Å²) < 4.78 is 0.892. The number of hydrogen-bond donors (Lipinski definition) is 2. The number of nitrogens with zero attached hydrogens (tertiary/aromatic N) is 2. The number of hydrogen-bond acceptors (Lipinski definition) is 5. The molecule has 0 fully saturated rings. The number of carbonyl (C=O) groups is 2. The average molecular weight is 430 g/mol. The number of nitrogens with one attached hydrogen (secondary N) is 2. The number of benzene rings is 1. The zero-order valence-corrected chi connectivity index (χ0v) is 15.4. The van der Waals surface area contributed by atoms with Gasteiger partial charge in [-0.15, -0.1) is 0 Å². The molecule has 0 aliphatic heterocycles. The first-order valence-electron chi connectivity index (χ1n) is 7.58. The third-order valence-corrected chi connectivity index (χ3v) is 4.70. The van der Waals surface area contributed by atoms with Crippen LogP contribution in [0, 0.1) is 0 Å². The Bertz CT molecular complexity index is 1060. The van der Waals surface area contributed by atoms with Crippen LogP contribution >= 0.6 is 27.5 Å². The molecule has 0 atom stereocenters. The summed E-state index contributed by atoms with van der Waals surface area (Å²) in [5.41, 5.74) is 1.26. The third-order valence-electron chi connectivity index (χ3n) is 3.81. The van der Waals surface area contributed by atoms with Crippen LogP contribution in [0.5, 0.6) is 0 Å². The minimum absolute atomic E-state index is 0.00515. The second-order valence-corrected chi connectivity index (χ2v) is 6.80. The monoisotopic (exact) mass is 428 g/mol. The number of H-pyrrole nitrogens is 1. The molecule has 0 radical (unpaired) electrons. The number of fused-ring (bicyclic) bond motifs is 1. The fraction of sp³-hybridized carbons (Fsp3) is 0. The van der Waals surface area contributed by atoms with Crippen LogP contribution in [0.25, 0.3) is 11.5 Å². The highest BCUT2D eigenvalue weighted by atomic mass is 79.9. The number of imidazole rings is 1. The molecular formula is C18H10BrClN4O2. The zero-order chi connectivity index (χ0) is 18.3. The van der Waals surface area contributed by atoms with Gasteiger partial charge in [-0.3, -0.25) is 14.6 Å². The Kier molecular flexibility index (Phi) is 4.18. The number of pyridine rings is 1. The van der Waals surface area contributed by atoms with Gasteiger partial charge in [0, 0.05) is 16.4 Å². The molecule has 0 bridgehead atoms. The van der Waals surface area contributed by atoms with Crippen molar-refractivity contribution < 1.29 is 9.59 Å². The van der Waals surface area contributed by atoms with E-state index in [0.717, 1.165) is 4.47 Å². The first kappa shape index (κ1) is 16.7. The van der Waals surface area contributed by atoms with E-state index in [4.69, 9.17) is 11.6 Å². The van der Waals surface area contributed by atoms with Gasteiger partial charge in [-0.2, -0.15) is 0 Å². The van der Waals surface area contributed by atoms with E-state index in [-0.39, 0.29) is 22.1 Å². The fourth-order valence-electron chi connectivity index (χ4n) is 2.56. The number of ketones is 2. The summed E-state index contributed by atoms with van der Waals surface area (Å²) in [6, 6.07) is 12.4. The Balaban J connectivity index is 1.73. The smallest absolute Gasteiger partial charge is 0.231 e. The van der Waals surface area contributed by atoms with E-state index in [1.807, 2.05) is 12.1 Å². The Labute approximate surface area is 161 Å². The number of allylic oxidation sites excluding steroid dienone is 2. The zero-order valence-electron chi connectivity index (χ0n) is 13.1. The van der Waals surface area contributed by atoms with Crippen molar-refractivity contribution in [3.63, 3.8) is 0 Å². The van der Waals surface area contributed by atoms with Gasteiger partial charge in [-0.1, -0.05) is 33.6 Å². The second-order valence-electron chi connectivity index (χ2n) is 5.50. The number of aromatic nitrogens is 3. The molecule has 0 amide bonds. The molecule has 2 heterocycles. The molecular weight excluding hydrogens is 420 g/mol. The van der Waals surface area contributed by atoms with Crippen molar-refractivity contribution in [3.05, 3.63) is 75.3 Å². The lowest BCUT2D eigenvalue weighted by Crippen LogP contribution is -2.24. The van der Waals surface area contributed by atoms with Crippen molar-refractivity contribution in [2.24, 2.45) is 0 Å². The van der Waals surface area contributed by atoms with Crippen molar-refractivity contribution in [3.8, 4) is 11.5 Å². The molecule has 1 aliphatic rings. The highest BCUT2D eigenvalue weighted by Gasteiger charge is 2.35. The molecule has 0 saturated heterocycles. The van der Waals surface area contributed by atoms with Crippen molar-refractivity contribution in [2.45, 2.75) is 0 Å². The summed E-state index contributed by atoms with van der Waals surface area (Å²) in [6.45, 7) is 0. The van der Waals surface area contributed by atoms with Gasteiger partial charge in [0.2, 0.25) is 11.6 Å². The van der Waals surface area contributed by atoms with Crippen molar-refractivity contribution in [1.29, 1.82) is 0 Å². The molecule has 3 aromatic rings. The molecule has 0 unspecified atom stereocenters. The maximum Gasteiger partial charge on any atom is 0.231 e. The molecule has 0 saturated carbocycles. The van der Waals surface area contributed by atoms with Gasteiger partial charge in [-0.25, -0.2) is 4.98 Å². The summed E-state index contributed by atoms with van der Waals surface area (Å²) >= 11 is 9.51. The van der Waals surface area contributed by atoms with Crippen LogP contribution in [-0.2, 0) is 0 Å². The number of carbonyl (C=O) groups excluding carboxylic acids is 2. The first-order chi connectivity index (χ1) is 12.5. The van der Waals surface area contributed by atoms with Gasteiger partial charge in [0.15, 0.2) is 5.82 Å². The molecule has 0 spiro atoms. The molecule has 1 aromatic carbocycles. The Morgan fingerprint density at radius 1 is 1.04 bits per heavy atom. The van der Waals surface area contributed by atoms with Crippen molar-refractivity contribution in [1.82, 2.24) is 15.0 Å². The Hall–Kier alpha value is -2.77. The number of aromatic amines is 1. The summed E-state index contributed by atoms with van der Waals surface area (Å²) in [5.74, 6) is -0.604. The number of rotatable bonds is 3. The highest BCUT2D eigenvalue weighted by molar-refractivity contribution is 9.10. The molecule has 1 aliphatic carbocycles. The van der Waals surface area contributed by atoms with E-state index in [1.54, 1.807) is 36.5 Å². The maximum atomic E-state index is 12.8. The molecule has 6 nitrogen and oxygen atoms in total. The van der Waals surface area contributed by atoms with Crippen molar-refractivity contribution in [2.75, 3.05) is 5.32 Å². The molecule has 4 rings (SSSR count). The van der Waals surface area contributed by atoms with Gasteiger partial charge < -0.3 is 10.3 Å². The van der Waals surface area contributed by atoms with Crippen LogP contribution < -0.4 is 5.32 Å². The number of Topliss-reactive ketones (excluding diaryl/α,β-unsaturated/α-hetero) is 2. The minimum atomic E-state index is -0.490.